The Morgan fingerprint density at radius 1 is 1.11 bits per heavy atom. The number of hydrogen-bond acceptors (Lipinski definition) is 7. The fraction of sp³-hybridized carbons (Fsp3) is 0.250. The molecule has 0 atom stereocenters. The molecule has 0 unspecified atom stereocenters. The lowest BCUT2D eigenvalue weighted by Gasteiger charge is -2.21. The Balaban J connectivity index is 1.45. The molecule has 2 aromatic heterocycles. The van der Waals surface area contributed by atoms with Crippen LogP contribution in [-0.2, 0) is 19.5 Å². The summed E-state index contributed by atoms with van der Waals surface area (Å²) in [4.78, 5) is 13.7. The maximum Gasteiger partial charge on any atom is 0.231 e. The number of benzene rings is 1. The van der Waals surface area contributed by atoms with Crippen LogP contribution >= 0.6 is 0 Å². The number of rotatable bonds is 4. The molecule has 4 heterocycles. The highest BCUT2D eigenvalue weighted by Crippen LogP contribution is 2.33. The van der Waals surface area contributed by atoms with Gasteiger partial charge in [0.2, 0.25) is 6.79 Å². The van der Waals surface area contributed by atoms with E-state index in [0.29, 0.717) is 12.4 Å². The molecular formula is C20H19N5O2. The molecule has 0 fully saturated rings. The van der Waals surface area contributed by atoms with Crippen molar-refractivity contribution in [3.63, 3.8) is 0 Å². The van der Waals surface area contributed by atoms with Gasteiger partial charge >= 0.3 is 0 Å². The lowest BCUT2D eigenvalue weighted by atomic mass is 10.1. The average molecular weight is 361 g/mol. The van der Waals surface area contributed by atoms with E-state index >= 15 is 0 Å². The van der Waals surface area contributed by atoms with Crippen LogP contribution in [0, 0.1) is 0 Å². The third-order valence-corrected chi connectivity index (χ3v) is 4.75. The standard InChI is InChI=1S/C20H19N5O2/c1-2-14(10-21-6-1)19-24-16-11-22-7-5-15(16)20(25-19)23-9-13-3-4-17-18(8-13)27-12-26-17/h1-4,6,8,10,22H,5,7,9,11-12H2,(H,23,24,25). The molecule has 0 bridgehead atoms. The fourth-order valence-electron chi connectivity index (χ4n) is 3.37. The van der Waals surface area contributed by atoms with Crippen LogP contribution in [0.2, 0.25) is 0 Å². The molecule has 2 aliphatic heterocycles. The van der Waals surface area contributed by atoms with E-state index in [1.165, 1.54) is 5.56 Å². The highest BCUT2D eigenvalue weighted by molar-refractivity contribution is 5.59. The van der Waals surface area contributed by atoms with Crippen LogP contribution in [0.1, 0.15) is 16.8 Å². The number of aromatic nitrogens is 3. The van der Waals surface area contributed by atoms with E-state index in [0.717, 1.165) is 53.6 Å². The van der Waals surface area contributed by atoms with Crippen LogP contribution in [0.5, 0.6) is 11.5 Å². The first-order valence-corrected chi connectivity index (χ1v) is 9.00. The Kier molecular flexibility index (Phi) is 4.06. The molecule has 0 amide bonds. The van der Waals surface area contributed by atoms with Crippen LogP contribution in [-0.4, -0.2) is 28.3 Å². The first kappa shape index (κ1) is 16.0. The molecule has 2 N–H and O–H groups in total. The molecule has 0 spiro atoms. The molecular weight excluding hydrogens is 342 g/mol. The number of hydrogen-bond donors (Lipinski definition) is 2. The summed E-state index contributed by atoms with van der Waals surface area (Å²) in [5.74, 6) is 3.17. The van der Waals surface area contributed by atoms with Crippen molar-refractivity contribution >= 4 is 5.82 Å². The smallest absolute Gasteiger partial charge is 0.231 e. The van der Waals surface area contributed by atoms with E-state index < -0.39 is 0 Å². The molecule has 5 rings (SSSR count). The fourth-order valence-corrected chi connectivity index (χ4v) is 3.37. The van der Waals surface area contributed by atoms with Crippen LogP contribution in [0.3, 0.4) is 0 Å². The molecule has 0 aliphatic carbocycles. The third-order valence-electron chi connectivity index (χ3n) is 4.75. The van der Waals surface area contributed by atoms with Gasteiger partial charge in [0.15, 0.2) is 17.3 Å². The zero-order valence-corrected chi connectivity index (χ0v) is 14.7. The molecule has 2 aliphatic rings. The number of ether oxygens (including phenoxy) is 2. The minimum Gasteiger partial charge on any atom is -0.454 e. The highest BCUT2D eigenvalue weighted by atomic mass is 16.7. The Bertz CT molecular complexity index is 978. The third kappa shape index (κ3) is 3.17. The summed E-state index contributed by atoms with van der Waals surface area (Å²) in [5, 5.41) is 6.88. The van der Waals surface area contributed by atoms with Gasteiger partial charge in [0, 0.05) is 36.6 Å². The minimum absolute atomic E-state index is 0.285. The van der Waals surface area contributed by atoms with Gasteiger partial charge in [0.25, 0.3) is 0 Å². The van der Waals surface area contributed by atoms with Crippen molar-refractivity contribution in [3.8, 4) is 22.9 Å². The van der Waals surface area contributed by atoms with Gasteiger partial charge in [0.05, 0.1) is 5.69 Å². The summed E-state index contributed by atoms with van der Waals surface area (Å²) in [6.45, 7) is 2.62. The Labute approximate surface area is 156 Å². The van der Waals surface area contributed by atoms with Crippen LogP contribution in [0.4, 0.5) is 5.82 Å². The Morgan fingerprint density at radius 2 is 2.07 bits per heavy atom. The minimum atomic E-state index is 0.285. The number of anilines is 1. The second-order valence-electron chi connectivity index (χ2n) is 6.53. The molecule has 7 nitrogen and oxygen atoms in total. The molecule has 136 valence electrons. The van der Waals surface area contributed by atoms with Crippen molar-refractivity contribution in [1.29, 1.82) is 0 Å². The van der Waals surface area contributed by atoms with Gasteiger partial charge in [-0.05, 0) is 42.8 Å². The van der Waals surface area contributed by atoms with Gasteiger partial charge in [-0.15, -0.1) is 0 Å². The average Bonchev–Trinajstić information content (AvgIpc) is 3.20. The predicted octanol–water partition coefficient (Wildman–Crippen LogP) is 2.53. The molecule has 1 aromatic carbocycles. The van der Waals surface area contributed by atoms with Crippen molar-refractivity contribution in [2.75, 3.05) is 18.7 Å². The van der Waals surface area contributed by atoms with E-state index in [9.17, 15) is 0 Å². The number of nitrogens with zero attached hydrogens (tertiary/aromatic N) is 3. The molecule has 0 saturated carbocycles. The zero-order chi connectivity index (χ0) is 18.1. The predicted molar refractivity (Wildman–Crippen MR) is 101 cm³/mol. The highest BCUT2D eigenvalue weighted by Gasteiger charge is 2.19. The molecule has 0 saturated heterocycles. The summed E-state index contributed by atoms with van der Waals surface area (Å²) in [6, 6.07) is 9.87. The lowest BCUT2D eigenvalue weighted by molar-refractivity contribution is 0.174. The van der Waals surface area contributed by atoms with Crippen LogP contribution in [0.25, 0.3) is 11.4 Å². The van der Waals surface area contributed by atoms with Crippen molar-refractivity contribution in [1.82, 2.24) is 20.3 Å². The van der Waals surface area contributed by atoms with E-state index in [2.05, 4.69) is 15.6 Å². The topological polar surface area (TPSA) is 81.2 Å². The summed E-state index contributed by atoms with van der Waals surface area (Å²) < 4.78 is 10.8. The van der Waals surface area contributed by atoms with Crippen molar-refractivity contribution in [2.24, 2.45) is 0 Å². The summed E-state index contributed by atoms with van der Waals surface area (Å²) in [6.07, 6.45) is 4.45. The van der Waals surface area contributed by atoms with E-state index in [1.807, 2.05) is 30.3 Å². The molecule has 0 radical (unpaired) electrons. The van der Waals surface area contributed by atoms with Gasteiger partial charge < -0.3 is 20.1 Å². The molecule has 3 aromatic rings. The van der Waals surface area contributed by atoms with E-state index in [4.69, 9.17) is 19.4 Å². The largest absolute Gasteiger partial charge is 0.454 e. The monoisotopic (exact) mass is 361 g/mol. The first-order valence-electron chi connectivity index (χ1n) is 9.00. The number of pyridine rings is 1. The summed E-state index contributed by atoms with van der Waals surface area (Å²) in [7, 11) is 0. The Morgan fingerprint density at radius 3 is 3.00 bits per heavy atom. The van der Waals surface area contributed by atoms with Gasteiger partial charge in [-0.2, -0.15) is 0 Å². The van der Waals surface area contributed by atoms with E-state index in [1.54, 1.807) is 12.4 Å². The van der Waals surface area contributed by atoms with Gasteiger partial charge in [0.1, 0.15) is 5.82 Å². The summed E-state index contributed by atoms with van der Waals surface area (Å²) in [5.41, 5.74) is 4.26. The second-order valence-corrected chi connectivity index (χ2v) is 6.53. The quantitative estimate of drug-likeness (QED) is 0.739. The van der Waals surface area contributed by atoms with Crippen LogP contribution in [0.15, 0.2) is 42.7 Å². The van der Waals surface area contributed by atoms with Crippen molar-refractivity contribution < 1.29 is 9.47 Å². The lowest BCUT2D eigenvalue weighted by Crippen LogP contribution is -2.26. The normalized spacial score (nSPS) is 14.7. The van der Waals surface area contributed by atoms with Crippen molar-refractivity contribution in [3.05, 3.63) is 59.5 Å². The Hall–Kier alpha value is -3.19. The zero-order valence-electron chi connectivity index (χ0n) is 14.7. The van der Waals surface area contributed by atoms with Crippen LogP contribution < -0.4 is 20.1 Å². The maximum absolute atomic E-state index is 5.47. The van der Waals surface area contributed by atoms with Crippen molar-refractivity contribution in [2.45, 2.75) is 19.5 Å². The van der Waals surface area contributed by atoms with E-state index in [-0.39, 0.29) is 6.79 Å². The number of nitrogens with one attached hydrogen (secondary N) is 2. The second kappa shape index (κ2) is 6.85. The molecule has 7 heteroatoms. The van der Waals surface area contributed by atoms with Gasteiger partial charge in [-0.3, -0.25) is 4.98 Å². The SMILES string of the molecule is c1cncc(-c2nc3c(c(NCc4ccc5c(c4)OCO5)n2)CCNC3)c1. The maximum atomic E-state index is 5.47. The van der Waals surface area contributed by atoms with Gasteiger partial charge in [-0.25, -0.2) is 9.97 Å². The van der Waals surface area contributed by atoms with Gasteiger partial charge in [-0.1, -0.05) is 6.07 Å². The molecule has 27 heavy (non-hydrogen) atoms. The number of fused-ring (bicyclic) bond motifs is 2. The first-order chi connectivity index (χ1) is 13.4. The summed E-state index contributed by atoms with van der Waals surface area (Å²) >= 11 is 0.